The highest BCUT2D eigenvalue weighted by Gasteiger charge is 2.41. The molecule has 3 aliphatic heterocycles. The van der Waals surface area contributed by atoms with Gasteiger partial charge in [0, 0.05) is 47.7 Å². The van der Waals surface area contributed by atoms with E-state index in [-0.39, 0.29) is 69.3 Å². The van der Waals surface area contributed by atoms with Gasteiger partial charge in [0.2, 0.25) is 5.95 Å². The average molecular weight is 650 g/mol. The molecule has 0 bridgehead atoms. The Balaban J connectivity index is 1.36. The fourth-order valence-electron chi connectivity index (χ4n) is 7.07. The number of hydrogen-bond donors (Lipinski definition) is 2. The van der Waals surface area contributed by atoms with Gasteiger partial charge in [0.1, 0.15) is 22.2 Å². The topological polar surface area (TPSA) is 137 Å². The Kier molecular flexibility index (Phi) is 7.75. The van der Waals surface area contributed by atoms with E-state index in [9.17, 15) is 15.2 Å². The van der Waals surface area contributed by atoms with E-state index in [2.05, 4.69) is 31.2 Å². The van der Waals surface area contributed by atoms with Crippen molar-refractivity contribution in [2.75, 3.05) is 36.5 Å². The van der Waals surface area contributed by atoms with Gasteiger partial charge in [-0.1, -0.05) is 0 Å². The van der Waals surface area contributed by atoms with E-state index in [4.69, 9.17) is 14.5 Å². The van der Waals surface area contributed by atoms with Crippen LogP contribution in [0.4, 0.5) is 24.5 Å². The van der Waals surface area contributed by atoms with Crippen LogP contribution in [0.1, 0.15) is 56.7 Å². The number of benzene rings is 1. The summed E-state index contributed by atoms with van der Waals surface area (Å²) >= 11 is 0.859. The van der Waals surface area contributed by atoms with Gasteiger partial charge >= 0.3 is 6.09 Å². The van der Waals surface area contributed by atoms with Gasteiger partial charge in [-0.15, -0.1) is 11.3 Å². The number of nitrogens with one attached hydrogen (secondary N) is 1. The SMILES string of the molecule is CC(C)(C)OC(=O)Nc1sc2c(F)cnc(-c3c4c(c5cnc(N6CCC7C6CCCN7CCO)nc5c3F)COC4)c2c1C#N. The minimum Gasteiger partial charge on any atom is -0.444 e. The van der Waals surface area contributed by atoms with E-state index < -0.39 is 23.3 Å². The van der Waals surface area contributed by atoms with Crippen molar-refractivity contribution < 1.29 is 28.2 Å². The fraction of sp³-hybridized carbons (Fsp3) is 0.469. The average Bonchev–Trinajstić information content (AvgIpc) is 3.75. The Hall–Kier alpha value is -4.03. The predicted octanol–water partition coefficient (Wildman–Crippen LogP) is 5.47. The third-order valence-electron chi connectivity index (χ3n) is 8.89. The number of thiophene rings is 1. The molecule has 240 valence electrons. The van der Waals surface area contributed by atoms with Crippen molar-refractivity contribution in [3.05, 3.63) is 40.7 Å². The number of hydrogen-bond acceptors (Lipinski definition) is 11. The fourth-order valence-corrected chi connectivity index (χ4v) is 8.11. The van der Waals surface area contributed by atoms with Gasteiger partial charge in [0.05, 0.1) is 42.0 Å². The maximum atomic E-state index is 16.9. The molecule has 3 aliphatic rings. The molecule has 1 aromatic carbocycles. The quantitative estimate of drug-likeness (QED) is 0.286. The number of piperidine rings is 1. The largest absolute Gasteiger partial charge is 0.444 e. The number of nitrogens with zero attached hydrogens (tertiary/aromatic N) is 6. The zero-order valence-corrected chi connectivity index (χ0v) is 26.5. The number of carbonyl (C=O) groups excluding carboxylic acids is 1. The molecule has 0 saturated carbocycles. The van der Waals surface area contributed by atoms with Crippen LogP contribution < -0.4 is 10.2 Å². The second-order valence-electron chi connectivity index (χ2n) is 12.8. The second kappa shape index (κ2) is 11.6. The first-order valence-electron chi connectivity index (χ1n) is 15.3. The molecule has 1 amide bonds. The molecule has 7 rings (SSSR count). The van der Waals surface area contributed by atoms with E-state index >= 15 is 8.78 Å². The zero-order valence-electron chi connectivity index (χ0n) is 25.7. The first-order valence-corrected chi connectivity index (χ1v) is 16.1. The molecule has 3 aromatic heterocycles. The van der Waals surface area contributed by atoms with Gasteiger partial charge in [0.15, 0.2) is 11.6 Å². The van der Waals surface area contributed by atoms with Gasteiger partial charge in [-0.3, -0.25) is 15.2 Å². The number of rotatable bonds is 5. The van der Waals surface area contributed by atoms with Crippen LogP contribution in [0.3, 0.4) is 0 Å². The molecule has 11 nitrogen and oxygen atoms in total. The third kappa shape index (κ3) is 5.11. The number of aliphatic hydroxyl groups excluding tert-OH is 1. The lowest BCUT2D eigenvalue weighted by atomic mass is 9.94. The van der Waals surface area contributed by atoms with Crippen molar-refractivity contribution in [1.82, 2.24) is 19.9 Å². The monoisotopic (exact) mass is 649 g/mol. The Morgan fingerprint density at radius 3 is 2.76 bits per heavy atom. The van der Waals surface area contributed by atoms with Gasteiger partial charge < -0.3 is 19.5 Å². The van der Waals surface area contributed by atoms with Crippen molar-refractivity contribution in [3.63, 3.8) is 0 Å². The molecule has 14 heteroatoms. The maximum Gasteiger partial charge on any atom is 0.412 e. The molecule has 46 heavy (non-hydrogen) atoms. The van der Waals surface area contributed by atoms with Crippen molar-refractivity contribution in [2.24, 2.45) is 0 Å². The Morgan fingerprint density at radius 2 is 2.00 bits per heavy atom. The van der Waals surface area contributed by atoms with Gasteiger partial charge in [-0.25, -0.2) is 23.5 Å². The molecule has 2 fully saturated rings. The number of halogens is 2. The standard InChI is InChI=1S/C32H33F2N7O4S/c1-32(2,3)45-31(43)39-29-16(11-35)24-27(36-13-20(33)28(24)46-29)23-19-15-44-14-18(19)17-12-37-30(38-26(17)25(23)34)41-8-6-21-22(41)5-4-7-40(21)9-10-42/h12-13,21-22,42H,4-10,14-15H2,1-3H3,(H,39,43). The highest BCUT2D eigenvalue weighted by atomic mass is 32.1. The Morgan fingerprint density at radius 1 is 1.20 bits per heavy atom. The molecular formula is C32H33F2N7O4S. The minimum absolute atomic E-state index is 0.0451. The van der Waals surface area contributed by atoms with E-state index in [1.807, 2.05) is 0 Å². The minimum atomic E-state index is -0.803. The van der Waals surface area contributed by atoms with E-state index in [1.165, 1.54) is 0 Å². The van der Waals surface area contributed by atoms with Crippen LogP contribution >= 0.6 is 11.3 Å². The van der Waals surface area contributed by atoms with Crippen molar-refractivity contribution in [1.29, 1.82) is 5.26 Å². The van der Waals surface area contributed by atoms with E-state index in [0.29, 0.717) is 35.6 Å². The van der Waals surface area contributed by atoms with Crippen LogP contribution in [0.15, 0.2) is 12.4 Å². The molecular weight excluding hydrogens is 616 g/mol. The molecule has 0 radical (unpaired) electrons. The number of aromatic nitrogens is 3. The summed E-state index contributed by atoms with van der Waals surface area (Å²) in [5.74, 6) is -0.951. The summed E-state index contributed by atoms with van der Waals surface area (Å²) in [4.78, 5) is 30.8. The molecule has 2 N–H and O–H groups in total. The lowest BCUT2D eigenvalue weighted by molar-refractivity contribution is 0.0636. The Labute approximate surface area is 267 Å². The summed E-state index contributed by atoms with van der Waals surface area (Å²) in [6.45, 7) is 7.74. The summed E-state index contributed by atoms with van der Waals surface area (Å²) in [5.41, 5.74) is 0.643. The highest BCUT2D eigenvalue weighted by molar-refractivity contribution is 7.23. The summed E-state index contributed by atoms with van der Waals surface area (Å²) in [6.07, 6.45) is 4.66. The van der Waals surface area contributed by atoms with Gasteiger partial charge in [0.25, 0.3) is 0 Å². The van der Waals surface area contributed by atoms with Crippen LogP contribution in [0.2, 0.25) is 0 Å². The predicted molar refractivity (Wildman–Crippen MR) is 169 cm³/mol. The first kappa shape index (κ1) is 30.6. The van der Waals surface area contributed by atoms with Crippen molar-refractivity contribution >= 4 is 49.4 Å². The molecule has 0 aliphatic carbocycles. The first-order chi connectivity index (χ1) is 22.1. The summed E-state index contributed by atoms with van der Waals surface area (Å²) in [5, 5.41) is 23.0. The normalized spacial score (nSPS) is 19.8. The number of aliphatic hydroxyl groups is 1. The van der Waals surface area contributed by atoms with Crippen LogP contribution in [0, 0.1) is 23.0 Å². The lowest BCUT2D eigenvalue weighted by Crippen LogP contribution is -2.50. The van der Waals surface area contributed by atoms with Crippen LogP contribution in [-0.2, 0) is 22.7 Å². The maximum absolute atomic E-state index is 16.9. The summed E-state index contributed by atoms with van der Waals surface area (Å²) in [7, 11) is 0. The van der Waals surface area contributed by atoms with E-state index in [0.717, 1.165) is 43.3 Å². The Bertz CT molecular complexity index is 1920. The number of β-amino-alcohol motifs (C(OH)–C–C–N with tert-alkyl or cyclic N) is 1. The van der Waals surface area contributed by atoms with Crippen molar-refractivity contribution in [3.8, 4) is 17.3 Å². The van der Waals surface area contributed by atoms with E-state index in [1.54, 1.807) is 27.0 Å². The molecule has 2 saturated heterocycles. The number of fused-ring (bicyclic) bond motifs is 5. The molecule has 0 spiro atoms. The number of anilines is 2. The lowest BCUT2D eigenvalue weighted by Gasteiger charge is -2.39. The number of nitriles is 1. The van der Waals surface area contributed by atoms with Gasteiger partial charge in [-0.05, 0) is 57.7 Å². The van der Waals surface area contributed by atoms with Crippen LogP contribution in [-0.4, -0.2) is 75.0 Å². The third-order valence-corrected chi connectivity index (χ3v) is 10.0. The van der Waals surface area contributed by atoms with Crippen LogP contribution in [0.25, 0.3) is 32.2 Å². The molecule has 2 atom stereocenters. The number of likely N-dealkylation sites (tertiary alicyclic amines) is 1. The molecule has 4 aromatic rings. The number of ether oxygens (including phenoxy) is 2. The summed E-state index contributed by atoms with van der Waals surface area (Å²) in [6, 6.07) is 2.47. The smallest absolute Gasteiger partial charge is 0.412 e. The summed E-state index contributed by atoms with van der Waals surface area (Å²) < 4.78 is 43.3. The number of amides is 1. The van der Waals surface area contributed by atoms with Crippen molar-refractivity contribution in [2.45, 2.75) is 70.9 Å². The van der Waals surface area contributed by atoms with Gasteiger partial charge in [-0.2, -0.15) is 5.26 Å². The molecule has 2 unspecified atom stereocenters. The highest BCUT2D eigenvalue weighted by Crippen LogP contribution is 2.46. The zero-order chi connectivity index (χ0) is 32.3. The second-order valence-corrected chi connectivity index (χ2v) is 13.8. The number of pyridine rings is 1. The molecule has 6 heterocycles. The number of carbonyl (C=O) groups is 1. The van der Waals surface area contributed by atoms with Crippen LogP contribution in [0.5, 0.6) is 0 Å².